The maximum absolute atomic E-state index is 13.8. The van der Waals surface area contributed by atoms with E-state index in [2.05, 4.69) is 0 Å². The van der Waals surface area contributed by atoms with Crippen LogP contribution in [0.25, 0.3) is 0 Å². The van der Waals surface area contributed by atoms with Crippen molar-refractivity contribution in [2.45, 2.75) is 43.7 Å². The Kier molecular flexibility index (Phi) is 4.29. The molecule has 0 aromatic heterocycles. The van der Waals surface area contributed by atoms with Gasteiger partial charge in [0.25, 0.3) is 5.91 Å². The van der Waals surface area contributed by atoms with Gasteiger partial charge >= 0.3 is 6.03 Å². The highest BCUT2D eigenvalue weighted by molar-refractivity contribution is 6.07. The summed E-state index contributed by atoms with van der Waals surface area (Å²) in [6, 6.07) is 2.34. The zero-order chi connectivity index (χ0) is 17.5. The second kappa shape index (κ2) is 6.12. The van der Waals surface area contributed by atoms with E-state index < -0.39 is 29.3 Å². The highest BCUT2D eigenvalue weighted by atomic mass is 19.1. The lowest BCUT2D eigenvalue weighted by atomic mass is 9.80. The minimum absolute atomic E-state index is 0.135. The van der Waals surface area contributed by atoms with Crippen molar-refractivity contribution in [3.8, 4) is 0 Å². The van der Waals surface area contributed by atoms with E-state index in [1.54, 1.807) is 7.05 Å². The minimum atomic E-state index is -1.40. The summed E-state index contributed by atoms with van der Waals surface area (Å²) in [7, 11) is 1.59. The van der Waals surface area contributed by atoms with E-state index in [0.717, 1.165) is 36.3 Å². The molecule has 1 saturated carbocycles. The molecular formula is C17H20F2N2O3. The van der Waals surface area contributed by atoms with E-state index in [9.17, 15) is 23.5 Å². The summed E-state index contributed by atoms with van der Waals surface area (Å²) in [5, 5.41) is 10.2. The molecule has 1 saturated heterocycles. The van der Waals surface area contributed by atoms with Gasteiger partial charge in [-0.2, -0.15) is 0 Å². The lowest BCUT2D eigenvalue weighted by Crippen LogP contribution is -2.49. The Morgan fingerprint density at radius 2 is 1.88 bits per heavy atom. The van der Waals surface area contributed by atoms with Crippen molar-refractivity contribution < 1.29 is 23.5 Å². The van der Waals surface area contributed by atoms with Crippen LogP contribution in [0.5, 0.6) is 0 Å². The van der Waals surface area contributed by atoms with Crippen molar-refractivity contribution in [2.75, 3.05) is 13.6 Å². The molecule has 1 spiro atoms. The molecule has 1 heterocycles. The zero-order valence-corrected chi connectivity index (χ0v) is 13.5. The molecule has 1 unspecified atom stereocenters. The van der Waals surface area contributed by atoms with Gasteiger partial charge in [-0.05, 0) is 18.9 Å². The molecule has 1 aliphatic heterocycles. The number of amides is 3. The third-order valence-corrected chi connectivity index (χ3v) is 5.16. The van der Waals surface area contributed by atoms with E-state index in [0.29, 0.717) is 18.9 Å². The summed E-state index contributed by atoms with van der Waals surface area (Å²) in [6.07, 6.45) is 2.57. The van der Waals surface area contributed by atoms with Crippen LogP contribution in [-0.4, -0.2) is 46.0 Å². The fourth-order valence-electron chi connectivity index (χ4n) is 3.74. The second-order valence-electron chi connectivity index (χ2n) is 6.53. The number of carbonyl (C=O) groups excluding carboxylic acids is 2. The lowest BCUT2D eigenvalue weighted by molar-refractivity contribution is -0.135. The first-order chi connectivity index (χ1) is 11.4. The first kappa shape index (κ1) is 16.8. The number of aliphatic hydroxyl groups is 1. The van der Waals surface area contributed by atoms with Gasteiger partial charge in [-0.1, -0.05) is 25.3 Å². The van der Waals surface area contributed by atoms with E-state index in [1.807, 2.05) is 0 Å². The number of urea groups is 1. The molecule has 1 aromatic carbocycles. The molecular weight excluding hydrogens is 318 g/mol. The molecule has 7 heteroatoms. The predicted octanol–water partition coefficient (Wildman–Crippen LogP) is 2.60. The van der Waals surface area contributed by atoms with Crippen LogP contribution in [-0.2, 0) is 4.79 Å². The molecule has 1 aliphatic carbocycles. The maximum atomic E-state index is 13.8. The largest absolute Gasteiger partial charge is 0.386 e. The number of hydrogen-bond acceptors (Lipinski definition) is 3. The average molecular weight is 338 g/mol. The molecule has 1 atom stereocenters. The number of aliphatic hydroxyl groups excluding tert-OH is 1. The number of rotatable bonds is 3. The fraction of sp³-hybridized carbons (Fsp3) is 0.529. The second-order valence-corrected chi connectivity index (χ2v) is 6.53. The van der Waals surface area contributed by atoms with Crippen molar-refractivity contribution in [1.29, 1.82) is 0 Å². The Morgan fingerprint density at radius 3 is 2.50 bits per heavy atom. The third kappa shape index (κ3) is 2.56. The van der Waals surface area contributed by atoms with Crippen molar-refractivity contribution in [3.05, 3.63) is 35.4 Å². The molecule has 2 fully saturated rings. The summed E-state index contributed by atoms with van der Waals surface area (Å²) in [6.45, 7) is -0.341. The molecule has 3 rings (SSSR count). The third-order valence-electron chi connectivity index (χ3n) is 5.16. The van der Waals surface area contributed by atoms with Crippen LogP contribution in [0.2, 0.25) is 0 Å². The van der Waals surface area contributed by atoms with Crippen LogP contribution in [0.15, 0.2) is 18.2 Å². The number of hydrogen-bond donors (Lipinski definition) is 1. The number of β-amino-alcohol motifs (C(OH)–C–C–N with tert-alkyl or cyclic N) is 1. The molecule has 24 heavy (non-hydrogen) atoms. The summed E-state index contributed by atoms with van der Waals surface area (Å²) < 4.78 is 26.8. The van der Waals surface area contributed by atoms with Gasteiger partial charge in [0.1, 0.15) is 17.2 Å². The van der Waals surface area contributed by atoms with Crippen LogP contribution >= 0.6 is 0 Å². The molecule has 1 aromatic rings. The van der Waals surface area contributed by atoms with E-state index >= 15 is 0 Å². The predicted molar refractivity (Wildman–Crippen MR) is 82.0 cm³/mol. The van der Waals surface area contributed by atoms with Gasteiger partial charge in [0.05, 0.1) is 12.6 Å². The number of halogens is 2. The standard InChI is InChI=1S/C17H20F2N2O3/c1-20-16(24)21(15(23)17(20)7-3-2-4-8-17)10-14(22)12-6-5-11(18)9-13(12)19/h5-6,9,14,22H,2-4,7-8,10H2,1H3. The van der Waals surface area contributed by atoms with Crippen molar-refractivity contribution >= 4 is 11.9 Å². The van der Waals surface area contributed by atoms with E-state index in [4.69, 9.17) is 0 Å². The summed E-state index contributed by atoms with van der Waals surface area (Å²) in [5.41, 5.74) is -0.972. The van der Waals surface area contributed by atoms with Gasteiger partial charge in [0.2, 0.25) is 0 Å². The Balaban J connectivity index is 1.82. The number of imide groups is 1. The Bertz CT molecular complexity index is 674. The number of carbonyl (C=O) groups is 2. The highest BCUT2D eigenvalue weighted by Crippen LogP contribution is 2.40. The van der Waals surface area contributed by atoms with Crippen LogP contribution in [0.4, 0.5) is 13.6 Å². The minimum Gasteiger partial charge on any atom is -0.386 e. The molecule has 3 amide bonds. The van der Waals surface area contributed by atoms with Gasteiger partial charge in [-0.15, -0.1) is 0 Å². The van der Waals surface area contributed by atoms with Crippen LogP contribution < -0.4 is 0 Å². The van der Waals surface area contributed by atoms with E-state index in [1.165, 1.54) is 4.90 Å². The SMILES string of the molecule is CN1C(=O)N(CC(O)c2ccc(F)cc2F)C(=O)C12CCCCC2. The van der Waals surface area contributed by atoms with Crippen LogP contribution in [0.1, 0.15) is 43.8 Å². The monoisotopic (exact) mass is 338 g/mol. The lowest BCUT2D eigenvalue weighted by Gasteiger charge is -2.35. The smallest absolute Gasteiger partial charge is 0.327 e. The van der Waals surface area contributed by atoms with Crippen molar-refractivity contribution in [3.63, 3.8) is 0 Å². The molecule has 5 nitrogen and oxygen atoms in total. The molecule has 0 radical (unpaired) electrons. The highest BCUT2D eigenvalue weighted by Gasteiger charge is 2.55. The van der Waals surface area contributed by atoms with Gasteiger partial charge in [-0.25, -0.2) is 13.6 Å². The zero-order valence-electron chi connectivity index (χ0n) is 13.5. The summed E-state index contributed by atoms with van der Waals surface area (Å²) in [4.78, 5) is 27.7. The first-order valence-corrected chi connectivity index (χ1v) is 8.09. The molecule has 2 aliphatic rings. The summed E-state index contributed by atoms with van der Waals surface area (Å²) in [5.74, 6) is -1.99. The molecule has 0 bridgehead atoms. The van der Waals surface area contributed by atoms with Gasteiger partial charge < -0.3 is 10.0 Å². The topological polar surface area (TPSA) is 60.9 Å². The summed E-state index contributed by atoms with van der Waals surface area (Å²) >= 11 is 0. The normalized spacial score (nSPS) is 21.7. The van der Waals surface area contributed by atoms with Gasteiger partial charge in [-0.3, -0.25) is 9.69 Å². The maximum Gasteiger partial charge on any atom is 0.327 e. The van der Waals surface area contributed by atoms with Crippen LogP contribution in [0, 0.1) is 11.6 Å². The fourth-order valence-corrected chi connectivity index (χ4v) is 3.74. The van der Waals surface area contributed by atoms with E-state index in [-0.39, 0.29) is 18.0 Å². The van der Waals surface area contributed by atoms with Gasteiger partial charge in [0, 0.05) is 18.7 Å². The Labute approximate surface area is 138 Å². The van der Waals surface area contributed by atoms with Crippen molar-refractivity contribution in [1.82, 2.24) is 9.80 Å². The average Bonchev–Trinajstić information content (AvgIpc) is 2.72. The quantitative estimate of drug-likeness (QED) is 0.862. The molecule has 130 valence electrons. The first-order valence-electron chi connectivity index (χ1n) is 8.09. The Morgan fingerprint density at radius 1 is 1.21 bits per heavy atom. The van der Waals surface area contributed by atoms with Crippen LogP contribution in [0.3, 0.4) is 0 Å². The van der Waals surface area contributed by atoms with Crippen molar-refractivity contribution in [2.24, 2.45) is 0 Å². The number of likely N-dealkylation sites (N-methyl/N-ethyl adjacent to an activating group) is 1. The Hall–Kier alpha value is -2.02. The van der Waals surface area contributed by atoms with Gasteiger partial charge in [0.15, 0.2) is 0 Å². The molecule has 1 N–H and O–H groups in total. The number of nitrogens with zero attached hydrogens (tertiary/aromatic N) is 2. The number of benzene rings is 1.